The molecule has 5 rings (SSSR count). The lowest BCUT2D eigenvalue weighted by atomic mass is 10.2. The smallest absolute Gasteiger partial charge is 0.274 e. The van der Waals surface area contributed by atoms with Crippen LogP contribution in [0.15, 0.2) is 79.1 Å². The van der Waals surface area contributed by atoms with Crippen molar-refractivity contribution in [1.82, 2.24) is 9.97 Å². The number of anilines is 3. The third-order valence-electron chi connectivity index (χ3n) is 5.06. The Kier molecular flexibility index (Phi) is 3.98. The molecule has 0 radical (unpaired) electrons. The number of hydrogen-bond donors (Lipinski definition) is 1. The summed E-state index contributed by atoms with van der Waals surface area (Å²) < 4.78 is 0. The van der Waals surface area contributed by atoms with Crippen molar-refractivity contribution < 1.29 is 4.79 Å². The summed E-state index contributed by atoms with van der Waals surface area (Å²) in [6.45, 7) is 0.925. The van der Waals surface area contributed by atoms with Crippen molar-refractivity contribution in [1.29, 1.82) is 0 Å². The lowest BCUT2D eigenvalue weighted by molar-refractivity contribution is 0.102. The summed E-state index contributed by atoms with van der Waals surface area (Å²) in [5.74, 6) is -0.244. The molecule has 2 aromatic carbocycles. The van der Waals surface area contributed by atoms with Gasteiger partial charge in [-0.15, -0.1) is 0 Å². The zero-order chi connectivity index (χ0) is 18.9. The molecule has 1 N–H and O–H groups in total. The summed E-state index contributed by atoms with van der Waals surface area (Å²) in [6.07, 6.45) is 4.50. The van der Waals surface area contributed by atoms with E-state index in [0.29, 0.717) is 11.4 Å². The van der Waals surface area contributed by atoms with Gasteiger partial charge in [0.05, 0.1) is 23.1 Å². The molecule has 1 amide bonds. The van der Waals surface area contributed by atoms with E-state index in [-0.39, 0.29) is 5.91 Å². The van der Waals surface area contributed by atoms with Crippen LogP contribution in [0.5, 0.6) is 0 Å². The van der Waals surface area contributed by atoms with E-state index in [4.69, 9.17) is 0 Å². The van der Waals surface area contributed by atoms with Crippen LogP contribution in [0.1, 0.15) is 16.1 Å². The van der Waals surface area contributed by atoms with Crippen LogP contribution in [0.4, 0.5) is 17.1 Å². The van der Waals surface area contributed by atoms with E-state index in [9.17, 15) is 4.79 Å². The van der Waals surface area contributed by atoms with E-state index >= 15 is 0 Å². The van der Waals surface area contributed by atoms with Crippen molar-refractivity contribution in [3.8, 4) is 0 Å². The fourth-order valence-electron chi connectivity index (χ4n) is 3.68. The molecule has 0 bridgehead atoms. The molecule has 2 aromatic heterocycles. The van der Waals surface area contributed by atoms with Gasteiger partial charge in [-0.3, -0.25) is 9.78 Å². The lowest BCUT2D eigenvalue weighted by Gasteiger charge is -2.19. The fraction of sp³-hybridized carbons (Fsp3) is 0.0870. The number of aromatic nitrogens is 2. The van der Waals surface area contributed by atoms with Gasteiger partial charge in [0, 0.05) is 23.8 Å². The minimum Gasteiger partial charge on any atom is -0.340 e. The second-order valence-corrected chi connectivity index (χ2v) is 6.77. The Morgan fingerprint density at radius 1 is 0.929 bits per heavy atom. The first-order chi connectivity index (χ1) is 13.8. The van der Waals surface area contributed by atoms with Gasteiger partial charge in [0.2, 0.25) is 0 Å². The van der Waals surface area contributed by atoms with Crippen molar-refractivity contribution in [2.24, 2.45) is 0 Å². The number of fused-ring (bicyclic) bond motifs is 2. The maximum atomic E-state index is 12.7. The number of pyridine rings is 2. The van der Waals surface area contributed by atoms with Crippen molar-refractivity contribution in [2.45, 2.75) is 6.42 Å². The highest BCUT2D eigenvalue weighted by atomic mass is 16.1. The van der Waals surface area contributed by atoms with Crippen LogP contribution < -0.4 is 10.2 Å². The summed E-state index contributed by atoms with van der Waals surface area (Å²) in [5.41, 5.74) is 5.37. The average Bonchev–Trinajstić information content (AvgIpc) is 3.18. The lowest BCUT2D eigenvalue weighted by Crippen LogP contribution is -2.16. The Bertz CT molecular complexity index is 1170. The third-order valence-corrected chi connectivity index (χ3v) is 5.06. The van der Waals surface area contributed by atoms with Crippen LogP contribution in [0.2, 0.25) is 0 Å². The molecule has 1 aliphatic rings. The third kappa shape index (κ3) is 2.87. The van der Waals surface area contributed by atoms with Gasteiger partial charge >= 0.3 is 0 Å². The number of carbonyl (C=O) groups excluding carboxylic acids is 1. The molecule has 0 unspecified atom stereocenters. The standard InChI is InChI=1S/C23H18N4O/c28-23(26-19-8-3-6-17-7-4-13-24-22(17)19)20-11-10-18(15-25-20)27-14-12-16-5-1-2-9-21(16)27/h1-11,13,15H,12,14H2,(H,26,28). The van der Waals surface area contributed by atoms with E-state index in [1.54, 1.807) is 18.5 Å². The van der Waals surface area contributed by atoms with Crippen LogP contribution in [0.25, 0.3) is 10.9 Å². The molecule has 0 spiro atoms. The molecule has 28 heavy (non-hydrogen) atoms. The molecule has 0 aliphatic carbocycles. The van der Waals surface area contributed by atoms with Gasteiger partial charge in [0.1, 0.15) is 5.69 Å². The maximum Gasteiger partial charge on any atom is 0.274 e. The Balaban J connectivity index is 1.38. The zero-order valence-electron chi connectivity index (χ0n) is 15.2. The number of para-hydroxylation sites is 2. The van der Waals surface area contributed by atoms with Gasteiger partial charge in [0.25, 0.3) is 5.91 Å². The quantitative estimate of drug-likeness (QED) is 0.577. The van der Waals surface area contributed by atoms with E-state index in [1.807, 2.05) is 42.5 Å². The number of nitrogens with one attached hydrogen (secondary N) is 1. The second-order valence-electron chi connectivity index (χ2n) is 6.77. The van der Waals surface area contributed by atoms with Crippen LogP contribution in [0.3, 0.4) is 0 Å². The van der Waals surface area contributed by atoms with E-state index in [1.165, 1.54) is 11.3 Å². The number of hydrogen-bond acceptors (Lipinski definition) is 4. The molecule has 0 saturated carbocycles. The largest absolute Gasteiger partial charge is 0.340 e. The molecule has 0 atom stereocenters. The summed E-state index contributed by atoms with van der Waals surface area (Å²) in [5, 5.41) is 3.91. The van der Waals surface area contributed by atoms with Gasteiger partial charge in [0.15, 0.2) is 0 Å². The molecule has 0 fully saturated rings. The fourth-order valence-corrected chi connectivity index (χ4v) is 3.68. The summed E-state index contributed by atoms with van der Waals surface area (Å²) in [7, 11) is 0. The zero-order valence-corrected chi connectivity index (χ0v) is 15.2. The van der Waals surface area contributed by atoms with E-state index in [2.05, 4.69) is 38.4 Å². The van der Waals surface area contributed by atoms with Gasteiger partial charge in [-0.25, -0.2) is 4.98 Å². The average molecular weight is 366 g/mol. The highest BCUT2D eigenvalue weighted by molar-refractivity contribution is 6.07. The van der Waals surface area contributed by atoms with Gasteiger partial charge in [-0.05, 0) is 42.3 Å². The van der Waals surface area contributed by atoms with Crippen molar-refractivity contribution in [3.05, 3.63) is 90.4 Å². The molecule has 5 heteroatoms. The van der Waals surface area contributed by atoms with Crippen molar-refractivity contribution in [2.75, 3.05) is 16.8 Å². The Hall–Kier alpha value is -3.73. The Morgan fingerprint density at radius 2 is 1.82 bits per heavy atom. The van der Waals surface area contributed by atoms with Gasteiger partial charge in [-0.2, -0.15) is 0 Å². The molecule has 136 valence electrons. The highest BCUT2D eigenvalue weighted by Crippen LogP contribution is 2.33. The summed E-state index contributed by atoms with van der Waals surface area (Å²) >= 11 is 0. The normalized spacial score (nSPS) is 12.8. The molecule has 4 aromatic rings. The predicted octanol–water partition coefficient (Wildman–Crippen LogP) is 4.58. The first-order valence-electron chi connectivity index (χ1n) is 9.26. The monoisotopic (exact) mass is 366 g/mol. The van der Waals surface area contributed by atoms with Gasteiger partial charge in [-0.1, -0.05) is 36.4 Å². The number of benzene rings is 2. The molecular formula is C23H18N4O. The SMILES string of the molecule is O=C(Nc1cccc2cccnc12)c1ccc(N2CCc3ccccc32)cn1. The van der Waals surface area contributed by atoms with E-state index in [0.717, 1.165) is 29.6 Å². The van der Waals surface area contributed by atoms with Crippen LogP contribution in [-0.2, 0) is 6.42 Å². The second kappa shape index (κ2) is 6.78. The van der Waals surface area contributed by atoms with Crippen molar-refractivity contribution in [3.63, 3.8) is 0 Å². The number of rotatable bonds is 3. The van der Waals surface area contributed by atoms with E-state index < -0.39 is 0 Å². The van der Waals surface area contributed by atoms with Crippen LogP contribution >= 0.6 is 0 Å². The first-order valence-corrected chi connectivity index (χ1v) is 9.26. The molecule has 5 nitrogen and oxygen atoms in total. The summed E-state index contributed by atoms with van der Waals surface area (Å²) in [6, 6.07) is 21.7. The van der Waals surface area contributed by atoms with Gasteiger partial charge < -0.3 is 10.2 Å². The molecular weight excluding hydrogens is 348 g/mol. The number of amides is 1. The topological polar surface area (TPSA) is 58.1 Å². The van der Waals surface area contributed by atoms with Crippen LogP contribution in [0, 0.1) is 0 Å². The molecule has 1 aliphatic heterocycles. The number of carbonyl (C=O) groups is 1. The Labute approximate surface area is 162 Å². The highest BCUT2D eigenvalue weighted by Gasteiger charge is 2.20. The predicted molar refractivity (Wildman–Crippen MR) is 111 cm³/mol. The van der Waals surface area contributed by atoms with Crippen molar-refractivity contribution >= 4 is 33.9 Å². The number of nitrogens with zero attached hydrogens (tertiary/aromatic N) is 3. The Morgan fingerprint density at radius 3 is 2.71 bits per heavy atom. The van der Waals surface area contributed by atoms with Crippen LogP contribution in [-0.4, -0.2) is 22.4 Å². The molecule has 3 heterocycles. The minimum atomic E-state index is -0.244. The maximum absolute atomic E-state index is 12.7. The minimum absolute atomic E-state index is 0.244. The first kappa shape index (κ1) is 16.4. The molecule has 0 saturated heterocycles. The summed E-state index contributed by atoms with van der Waals surface area (Å²) in [4.78, 5) is 23.7.